The molecule has 0 amide bonds. The van der Waals surface area contributed by atoms with Crippen LogP contribution >= 0.6 is 0 Å². The molecule has 0 fully saturated rings. The van der Waals surface area contributed by atoms with Crippen LogP contribution in [0, 0.1) is 6.92 Å². The maximum Gasteiger partial charge on any atom is 0.0671 e. The smallest absolute Gasteiger partial charge is 0.0671 e. The Hall–Kier alpha value is -0.870. The van der Waals surface area contributed by atoms with E-state index in [9.17, 15) is 0 Å². The molecular formula is C11H21N3O. The van der Waals surface area contributed by atoms with Crippen LogP contribution in [0.3, 0.4) is 0 Å². The van der Waals surface area contributed by atoms with Crippen molar-refractivity contribution in [2.45, 2.75) is 33.4 Å². The van der Waals surface area contributed by atoms with Crippen LogP contribution in [0.5, 0.6) is 0 Å². The maximum absolute atomic E-state index is 5.43. The predicted octanol–water partition coefficient (Wildman–Crippen LogP) is 1.24. The molecule has 0 aliphatic heterocycles. The van der Waals surface area contributed by atoms with Gasteiger partial charge in [0.25, 0.3) is 0 Å². The zero-order chi connectivity index (χ0) is 11.3. The van der Waals surface area contributed by atoms with Crippen LogP contribution in [0.4, 0.5) is 0 Å². The highest BCUT2D eigenvalue weighted by Gasteiger charge is 2.03. The van der Waals surface area contributed by atoms with Crippen LogP contribution in [0.1, 0.15) is 25.2 Å². The molecule has 86 valence electrons. The van der Waals surface area contributed by atoms with E-state index in [2.05, 4.69) is 23.4 Å². The molecule has 1 heterocycles. The van der Waals surface area contributed by atoms with Gasteiger partial charge in [0.2, 0.25) is 0 Å². The molecule has 0 aliphatic rings. The molecule has 0 saturated heterocycles. The molecule has 0 aliphatic carbocycles. The first kappa shape index (κ1) is 12.2. The minimum absolute atomic E-state index is 0.268. The van der Waals surface area contributed by atoms with Crippen molar-refractivity contribution < 1.29 is 4.74 Å². The standard InChI is InChI=1S/C11H21N3O/c1-5-15-10(3)7-12-8-11-6-9(2)13-14(11)4/h6,10,12H,5,7-8H2,1-4H3. The van der Waals surface area contributed by atoms with E-state index in [1.54, 1.807) is 0 Å². The largest absolute Gasteiger partial charge is 0.377 e. The predicted molar refractivity (Wildman–Crippen MR) is 60.7 cm³/mol. The fourth-order valence-corrected chi connectivity index (χ4v) is 1.58. The van der Waals surface area contributed by atoms with Crippen molar-refractivity contribution in [3.8, 4) is 0 Å². The molecule has 15 heavy (non-hydrogen) atoms. The number of nitrogens with zero attached hydrogens (tertiary/aromatic N) is 2. The molecule has 1 rings (SSSR count). The van der Waals surface area contributed by atoms with Gasteiger partial charge in [0.05, 0.1) is 17.5 Å². The van der Waals surface area contributed by atoms with E-state index >= 15 is 0 Å². The summed E-state index contributed by atoms with van der Waals surface area (Å²) in [6.07, 6.45) is 0.268. The van der Waals surface area contributed by atoms with Crippen LogP contribution in [-0.2, 0) is 18.3 Å². The average Bonchev–Trinajstić information content (AvgIpc) is 2.46. The zero-order valence-corrected chi connectivity index (χ0v) is 10.1. The molecule has 0 bridgehead atoms. The third kappa shape index (κ3) is 4.01. The molecule has 0 spiro atoms. The van der Waals surface area contributed by atoms with Crippen LogP contribution in [-0.4, -0.2) is 29.0 Å². The number of nitrogens with one attached hydrogen (secondary N) is 1. The lowest BCUT2D eigenvalue weighted by Crippen LogP contribution is -2.27. The van der Waals surface area contributed by atoms with Gasteiger partial charge in [-0.1, -0.05) is 0 Å². The highest BCUT2D eigenvalue weighted by molar-refractivity contribution is 5.08. The maximum atomic E-state index is 5.43. The van der Waals surface area contributed by atoms with Crippen molar-refractivity contribution in [3.63, 3.8) is 0 Å². The van der Waals surface area contributed by atoms with Gasteiger partial charge in [-0.05, 0) is 26.8 Å². The second kappa shape index (κ2) is 5.88. The van der Waals surface area contributed by atoms with Crippen LogP contribution < -0.4 is 5.32 Å². The van der Waals surface area contributed by atoms with E-state index in [1.165, 1.54) is 5.69 Å². The van der Waals surface area contributed by atoms with Gasteiger partial charge >= 0.3 is 0 Å². The molecule has 1 aromatic rings. The third-order valence-electron chi connectivity index (χ3n) is 2.29. The van der Waals surface area contributed by atoms with Gasteiger partial charge in [0, 0.05) is 26.7 Å². The molecule has 0 saturated carbocycles. The first-order chi connectivity index (χ1) is 7.13. The van der Waals surface area contributed by atoms with Gasteiger partial charge in [-0.25, -0.2) is 0 Å². The number of rotatable bonds is 6. The topological polar surface area (TPSA) is 39.1 Å². The van der Waals surface area contributed by atoms with Gasteiger partial charge in [-0.3, -0.25) is 4.68 Å². The lowest BCUT2D eigenvalue weighted by Gasteiger charge is -2.12. The second-order valence-corrected chi connectivity index (χ2v) is 3.80. The molecular weight excluding hydrogens is 190 g/mol. The van der Waals surface area contributed by atoms with Gasteiger partial charge < -0.3 is 10.1 Å². The Morgan fingerprint density at radius 3 is 2.87 bits per heavy atom. The third-order valence-corrected chi connectivity index (χ3v) is 2.29. The normalized spacial score (nSPS) is 13.1. The molecule has 0 radical (unpaired) electrons. The molecule has 0 aromatic carbocycles. The Bertz CT molecular complexity index is 296. The fourth-order valence-electron chi connectivity index (χ4n) is 1.58. The SMILES string of the molecule is CCOC(C)CNCc1cc(C)nn1C. The Morgan fingerprint density at radius 2 is 2.33 bits per heavy atom. The Kier molecular flexibility index (Phi) is 4.78. The summed E-state index contributed by atoms with van der Waals surface area (Å²) in [6, 6.07) is 2.10. The summed E-state index contributed by atoms with van der Waals surface area (Å²) >= 11 is 0. The number of aromatic nitrogens is 2. The summed E-state index contributed by atoms with van der Waals surface area (Å²) in [4.78, 5) is 0. The quantitative estimate of drug-likeness (QED) is 0.769. The lowest BCUT2D eigenvalue weighted by molar-refractivity contribution is 0.0758. The summed E-state index contributed by atoms with van der Waals surface area (Å²) in [5.74, 6) is 0. The molecule has 1 N–H and O–H groups in total. The summed E-state index contributed by atoms with van der Waals surface area (Å²) in [5.41, 5.74) is 2.27. The van der Waals surface area contributed by atoms with Gasteiger partial charge in [0.1, 0.15) is 0 Å². The Balaban J connectivity index is 2.28. The van der Waals surface area contributed by atoms with Gasteiger partial charge in [-0.2, -0.15) is 5.10 Å². The Labute approximate surface area is 91.6 Å². The number of aryl methyl sites for hydroxylation is 2. The van der Waals surface area contributed by atoms with E-state index in [-0.39, 0.29) is 6.10 Å². The molecule has 1 aromatic heterocycles. The second-order valence-electron chi connectivity index (χ2n) is 3.80. The van der Waals surface area contributed by atoms with Crippen LogP contribution in [0.25, 0.3) is 0 Å². The summed E-state index contributed by atoms with van der Waals surface area (Å²) in [5, 5.41) is 7.65. The first-order valence-electron chi connectivity index (χ1n) is 5.45. The lowest BCUT2D eigenvalue weighted by atomic mass is 10.3. The summed E-state index contributed by atoms with van der Waals surface area (Å²) in [6.45, 7) is 8.58. The minimum Gasteiger partial charge on any atom is -0.377 e. The average molecular weight is 211 g/mol. The van der Waals surface area contributed by atoms with E-state index in [4.69, 9.17) is 4.74 Å². The number of ether oxygens (including phenoxy) is 1. The molecule has 4 nitrogen and oxygen atoms in total. The van der Waals surface area contributed by atoms with Crippen LogP contribution in [0.15, 0.2) is 6.07 Å². The van der Waals surface area contributed by atoms with Gasteiger partial charge in [-0.15, -0.1) is 0 Å². The molecule has 1 unspecified atom stereocenters. The van der Waals surface area contributed by atoms with Crippen molar-refractivity contribution in [2.75, 3.05) is 13.2 Å². The minimum atomic E-state index is 0.268. The summed E-state index contributed by atoms with van der Waals surface area (Å²) < 4.78 is 7.34. The van der Waals surface area contributed by atoms with E-state index in [1.807, 2.05) is 25.6 Å². The number of hydrogen-bond donors (Lipinski definition) is 1. The van der Waals surface area contributed by atoms with Crippen molar-refractivity contribution in [2.24, 2.45) is 7.05 Å². The van der Waals surface area contributed by atoms with E-state index < -0.39 is 0 Å². The molecule has 1 atom stereocenters. The molecule has 4 heteroatoms. The van der Waals surface area contributed by atoms with Crippen molar-refractivity contribution in [3.05, 3.63) is 17.5 Å². The van der Waals surface area contributed by atoms with Crippen molar-refractivity contribution in [1.29, 1.82) is 0 Å². The van der Waals surface area contributed by atoms with E-state index in [0.717, 1.165) is 25.4 Å². The fraction of sp³-hybridized carbons (Fsp3) is 0.727. The van der Waals surface area contributed by atoms with Crippen LogP contribution in [0.2, 0.25) is 0 Å². The van der Waals surface area contributed by atoms with Gasteiger partial charge in [0.15, 0.2) is 0 Å². The Morgan fingerprint density at radius 1 is 1.60 bits per heavy atom. The first-order valence-corrected chi connectivity index (χ1v) is 5.45. The van der Waals surface area contributed by atoms with E-state index in [0.29, 0.717) is 0 Å². The zero-order valence-electron chi connectivity index (χ0n) is 10.1. The highest BCUT2D eigenvalue weighted by atomic mass is 16.5. The summed E-state index contributed by atoms with van der Waals surface area (Å²) in [7, 11) is 1.97. The monoisotopic (exact) mass is 211 g/mol. The van der Waals surface area contributed by atoms with Crippen molar-refractivity contribution in [1.82, 2.24) is 15.1 Å². The highest BCUT2D eigenvalue weighted by Crippen LogP contribution is 2.01. The number of hydrogen-bond acceptors (Lipinski definition) is 3. The van der Waals surface area contributed by atoms with Crippen molar-refractivity contribution >= 4 is 0 Å².